The highest BCUT2D eigenvalue weighted by atomic mass is 16.5. The number of ether oxygens (including phenoxy) is 1. The fourth-order valence-corrected chi connectivity index (χ4v) is 4.29. The number of nitrogens with zero attached hydrogens (tertiary/aromatic N) is 2. The lowest BCUT2D eigenvalue weighted by molar-refractivity contribution is 0.0534. The van der Waals surface area contributed by atoms with Crippen LogP contribution in [0.3, 0.4) is 0 Å². The van der Waals surface area contributed by atoms with Gasteiger partial charge in [0.15, 0.2) is 5.82 Å². The predicted molar refractivity (Wildman–Crippen MR) is 117 cm³/mol. The van der Waals surface area contributed by atoms with Crippen LogP contribution in [0.2, 0.25) is 0 Å². The van der Waals surface area contributed by atoms with Crippen molar-refractivity contribution < 1.29 is 4.74 Å². The van der Waals surface area contributed by atoms with E-state index in [0.717, 1.165) is 36.6 Å². The molecule has 2 aliphatic rings. The average molecular weight is 386 g/mol. The van der Waals surface area contributed by atoms with Crippen molar-refractivity contribution in [3.63, 3.8) is 0 Å². The van der Waals surface area contributed by atoms with Crippen LogP contribution in [0.15, 0.2) is 24.5 Å². The lowest BCUT2D eigenvalue weighted by Gasteiger charge is -2.41. The number of pyridine rings is 1. The Hall–Kier alpha value is -1.92. The van der Waals surface area contributed by atoms with Crippen molar-refractivity contribution in [2.75, 3.05) is 30.4 Å². The van der Waals surface area contributed by atoms with Crippen LogP contribution < -0.4 is 15.5 Å². The number of aryl methyl sites for hydroxylation is 1. The van der Waals surface area contributed by atoms with E-state index < -0.39 is 0 Å². The number of nitrogens with one attached hydrogen (secondary N) is 3. The molecule has 1 saturated heterocycles. The summed E-state index contributed by atoms with van der Waals surface area (Å²) in [6, 6.07) is 3.17. The molecule has 0 bridgehead atoms. The highest BCUT2D eigenvalue weighted by molar-refractivity contribution is 5.90. The van der Waals surface area contributed by atoms with Crippen molar-refractivity contribution in [3.05, 3.63) is 30.1 Å². The molecule has 0 aromatic carbocycles. The molecule has 3 N–H and O–H groups in total. The maximum atomic E-state index is 7.55. The minimum absolute atomic E-state index is 0.158. The molecular formula is C22H35N5O. The normalized spacial score (nSPS) is 23.9. The summed E-state index contributed by atoms with van der Waals surface area (Å²) in [5.41, 5.74) is 2.61. The minimum atomic E-state index is 0.158. The highest BCUT2D eigenvalue weighted by Gasteiger charge is 2.32. The van der Waals surface area contributed by atoms with Crippen molar-refractivity contribution in [1.82, 2.24) is 10.3 Å². The van der Waals surface area contributed by atoms with Crippen LogP contribution in [0.25, 0.3) is 0 Å². The minimum Gasteiger partial charge on any atom is -0.378 e. The molecule has 28 heavy (non-hydrogen) atoms. The van der Waals surface area contributed by atoms with E-state index in [4.69, 9.17) is 15.1 Å². The van der Waals surface area contributed by atoms with Gasteiger partial charge in [0.2, 0.25) is 0 Å². The summed E-state index contributed by atoms with van der Waals surface area (Å²) in [5, 5.41) is 14.7. The third kappa shape index (κ3) is 5.55. The first kappa shape index (κ1) is 20.8. The molecule has 2 heterocycles. The van der Waals surface area contributed by atoms with Gasteiger partial charge in [-0.1, -0.05) is 19.3 Å². The molecule has 1 aromatic heterocycles. The molecule has 1 aliphatic carbocycles. The van der Waals surface area contributed by atoms with Gasteiger partial charge in [-0.25, -0.2) is 4.98 Å². The van der Waals surface area contributed by atoms with Crippen LogP contribution in [0, 0.1) is 12.3 Å². The summed E-state index contributed by atoms with van der Waals surface area (Å²) in [6.07, 6.45) is 13.4. The van der Waals surface area contributed by atoms with E-state index in [1.54, 1.807) is 13.0 Å². The second kappa shape index (κ2) is 10.0. The smallest absolute Gasteiger partial charge is 0.152 e. The first-order chi connectivity index (χ1) is 13.6. The van der Waals surface area contributed by atoms with Crippen LogP contribution in [-0.4, -0.2) is 49.1 Å². The third-order valence-electron chi connectivity index (χ3n) is 5.79. The Morgan fingerprint density at radius 1 is 1.29 bits per heavy atom. The Kier molecular flexibility index (Phi) is 7.45. The van der Waals surface area contributed by atoms with Crippen molar-refractivity contribution in [3.8, 4) is 0 Å². The highest BCUT2D eigenvalue weighted by Crippen LogP contribution is 2.29. The Bertz CT molecular complexity index is 684. The fourth-order valence-electron chi connectivity index (χ4n) is 4.29. The van der Waals surface area contributed by atoms with Gasteiger partial charge in [0.1, 0.15) is 0 Å². The lowest BCUT2D eigenvalue weighted by atomic mass is 9.92. The van der Waals surface area contributed by atoms with Crippen molar-refractivity contribution in [1.29, 1.82) is 5.41 Å². The Morgan fingerprint density at radius 2 is 2.07 bits per heavy atom. The molecular weight excluding hydrogens is 350 g/mol. The van der Waals surface area contributed by atoms with E-state index in [1.165, 1.54) is 32.1 Å². The molecule has 0 radical (unpaired) electrons. The Morgan fingerprint density at radius 3 is 2.79 bits per heavy atom. The zero-order valence-electron chi connectivity index (χ0n) is 17.5. The van der Waals surface area contributed by atoms with E-state index in [-0.39, 0.29) is 6.10 Å². The summed E-state index contributed by atoms with van der Waals surface area (Å²) < 4.78 is 5.88. The molecule has 0 amide bonds. The van der Waals surface area contributed by atoms with Crippen LogP contribution in [0.5, 0.6) is 0 Å². The van der Waals surface area contributed by atoms with Crippen LogP contribution >= 0.6 is 0 Å². The lowest BCUT2D eigenvalue weighted by Crippen LogP contribution is -2.56. The summed E-state index contributed by atoms with van der Waals surface area (Å²) in [7, 11) is 1.82. The van der Waals surface area contributed by atoms with Crippen LogP contribution in [0.4, 0.5) is 11.5 Å². The summed E-state index contributed by atoms with van der Waals surface area (Å²) in [4.78, 5) is 7.03. The number of piperidine rings is 1. The van der Waals surface area contributed by atoms with E-state index >= 15 is 0 Å². The second-order valence-electron chi connectivity index (χ2n) is 8.16. The average Bonchev–Trinajstić information content (AvgIpc) is 2.69. The van der Waals surface area contributed by atoms with Gasteiger partial charge in [0.05, 0.1) is 11.8 Å². The first-order valence-corrected chi connectivity index (χ1v) is 10.6. The number of hydrogen-bond donors (Lipinski definition) is 3. The molecule has 0 unspecified atom stereocenters. The summed E-state index contributed by atoms with van der Waals surface area (Å²) >= 11 is 0. The van der Waals surface area contributed by atoms with Gasteiger partial charge in [-0.3, -0.25) is 0 Å². The second-order valence-corrected chi connectivity index (χ2v) is 8.16. The molecule has 6 nitrogen and oxygen atoms in total. The topological polar surface area (TPSA) is 73.3 Å². The molecule has 6 heteroatoms. The number of aromatic nitrogens is 1. The van der Waals surface area contributed by atoms with Crippen LogP contribution in [-0.2, 0) is 4.74 Å². The number of anilines is 2. The molecule has 0 spiro atoms. The fraction of sp³-hybridized carbons (Fsp3) is 0.636. The van der Waals surface area contributed by atoms with Gasteiger partial charge < -0.3 is 25.7 Å². The Labute approximate surface area is 169 Å². The molecule has 2 atom stereocenters. The summed E-state index contributed by atoms with van der Waals surface area (Å²) in [5.74, 6) is 0.955. The van der Waals surface area contributed by atoms with Gasteiger partial charge in [-0.2, -0.15) is 0 Å². The Balaban J connectivity index is 1.68. The number of rotatable bonds is 7. The predicted octanol–water partition coefficient (Wildman–Crippen LogP) is 3.87. The quantitative estimate of drug-likeness (QED) is 0.622. The standard InChI is InChI=1S/C22H35N5O/c1-16-13-20(24-11-9-17(2)23)22(25-14-16)27-12-10-19(21(15-27)28-3)26-18-7-5-4-6-8-18/h9,11,13-14,18-19,21,23-24,26H,4-8,10,12,15H2,1-3H3/b11-9-,23-17?/t19-,21+/m1/s1. The number of methoxy groups -OCH3 is 1. The molecule has 1 aromatic rings. The van der Waals surface area contributed by atoms with Gasteiger partial charge in [-0.15, -0.1) is 0 Å². The van der Waals surface area contributed by atoms with E-state index in [1.807, 2.05) is 26.4 Å². The zero-order valence-corrected chi connectivity index (χ0v) is 17.5. The van der Waals surface area contributed by atoms with Gasteiger partial charge >= 0.3 is 0 Å². The molecule has 2 fully saturated rings. The number of hydrogen-bond acceptors (Lipinski definition) is 6. The zero-order chi connectivity index (χ0) is 19.9. The molecule has 3 rings (SSSR count). The van der Waals surface area contributed by atoms with E-state index in [2.05, 4.69) is 21.6 Å². The largest absolute Gasteiger partial charge is 0.378 e. The van der Waals surface area contributed by atoms with Crippen molar-refractivity contribution >= 4 is 17.2 Å². The van der Waals surface area contributed by atoms with Gasteiger partial charge in [0, 0.05) is 50.4 Å². The molecule has 1 aliphatic heterocycles. The SMILES string of the molecule is CO[C@H]1CN(c2ncc(C)cc2N/C=C\C(C)=N)CC[C@H]1NC1CCCCC1. The molecule has 1 saturated carbocycles. The van der Waals surface area contributed by atoms with Crippen molar-refractivity contribution in [2.24, 2.45) is 0 Å². The van der Waals surface area contributed by atoms with Gasteiger partial charge in [0.25, 0.3) is 0 Å². The maximum absolute atomic E-state index is 7.55. The third-order valence-corrected chi connectivity index (χ3v) is 5.79. The molecule has 154 valence electrons. The van der Waals surface area contributed by atoms with Crippen LogP contribution in [0.1, 0.15) is 51.0 Å². The summed E-state index contributed by atoms with van der Waals surface area (Å²) in [6.45, 7) is 5.61. The first-order valence-electron chi connectivity index (χ1n) is 10.6. The number of allylic oxidation sites excluding steroid dienone is 1. The monoisotopic (exact) mass is 385 g/mol. The van der Waals surface area contributed by atoms with Crippen molar-refractivity contribution in [2.45, 2.75) is 70.6 Å². The van der Waals surface area contributed by atoms with E-state index in [9.17, 15) is 0 Å². The van der Waals surface area contributed by atoms with Gasteiger partial charge in [-0.05, 0) is 50.8 Å². The maximum Gasteiger partial charge on any atom is 0.152 e. The van der Waals surface area contributed by atoms with E-state index in [0.29, 0.717) is 17.8 Å².